The molecule has 1 aliphatic heterocycles. The van der Waals surface area contributed by atoms with Crippen molar-refractivity contribution in [1.29, 1.82) is 0 Å². The highest BCUT2D eigenvalue weighted by Gasteiger charge is 2.32. The lowest BCUT2D eigenvalue weighted by Gasteiger charge is -2.27. The van der Waals surface area contributed by atoms with Gasteiger partial charge in [0.05, 0.1) is 26.7 Å². The summed E-state index contributed by atoms with van der Waals surface area (Å²) >= 11 is 0. The van der Waals surface area contributed by atoms with Crippen LogP contribution in [0.3, 0.4) is 0 Å². The van der Waals surface area contributed by atoms with Crippen LogP contribution in [-0.2, 0) is 11.2 Å². The van der Waals surface area contributed by atoms with Crippen molar-refractivity contribution >= 4 is 5.91 Å². The van der Waals surface area contributed by atoms with Crippen LogP contribution in [0, 0.1) is 0 Å². The third kappa shape index (κ3) is 3.99. The standard InChI is InChI=1S/C24H26N2O3/c1-28-20-11-12-23(29-2)21(17-20)22-6-5-15-26(22)24(27)16-18-7-9-19(10-8-18)25-13-3-4-14-25/h3-4,7-14,17,22H,5-6,15-16H2,1-2H3/t22-/m0/s1. The summed E-state index contributed by atoms with van der Waals surface area (Å²) in [6.07, 6.45) is 6.34. The highest BCUT2D eigenvalue weighted by atomic mass is 16.5. The number of carbonyl (C=O) groups is 1. The number of carbonyl (C=O) groups excluding carboxylic acids is 1. The van der Waals surface area contributed by atoms with Crippen LogP contribution >= 0.6 is 0 Å². The molecule has 1 amide bonds. The molecule has 0 aliphatic carbocycles. The smallest absolute Gasteiger partial charge is 0.227 e. The zero-order valence-electron chi connectivity index (χ0n) is 16.9. The van der Waals surface area contributed by atoms with Gasteiger partial charge in [0, 0.05) is 30.2 Å². The molecule has 1 aromatic heterocycles. The molecule has 3 aromatic rings. The van der Waals surface area contributed by atoms with Gasteiger partial charge in [0.2, 0.25) is 5.91 Å². The molecule has 0 N–H and O–H groups in total. The summed E-state index contributed by atoms with van der Waals surface area (Å²) in [6.45, 7) is 0.769. The summed E-state index contributed by atoms with van der Waals surface area (Å²) < 4.78 is 13.0. The van der Waals surface area contributed by atoms with Gasteiger partial charge in [-0.1, -0.05) is 12.1 Å². The molecule has 1 atom stereocenters. The van der Waals surface area contributed by atoms with Crippen molar-refractivity contribution in [3.05, 3.63) is 78.1 Å². The van der Waals surface area contributed by atoms with Crippen molar-refractivity contribution in [2.75, 3.05) is 20.8 Å². The highest BCUT2D eigenvalue weighted by Crippen LogP contribution is 2.39. The average Bonchev–Trinajstić information content (AvgIpc) is 3.46. The van der Waals surface area contributed by atoms with Crippen molar-refractivity contribution in [2.45, 2.75) is 25.3 Å². The molecule has 5 nitrogen and oxygen atoms in total. The monoisotopic (exact) mass is 390 g/mol. The van der Waals surface area contributed by atoms with E-state index in [4.69, 9.17) is 9.47 Å². The van der Waals surface area contributed by atoms with E-state index in [-0.39, 0.29) is 11.9 Å². The van der Waals surface area contributed by atoms with Crippen molar-refractivity contribution in [1.82, 2.24) is 9.47 Å². The lowest BCUT2D eigenvalue weighted by atomic mass is 10.0. The molecule has 2 aromatic carbocycles. The maximum Gasteiger partial charge on any atom is 0.227 e. The lowest BCUT2D eigenvalue weighted by Crippen LogP contribution is -2.32. The van der Waals surface area contributed by atoms with Crippen LogP contribution in [-0.4, -0.2) is 36.1 Å². The van der Waals surface area contributed by atoms with Crippen LogP contribution < -0.4 is 9.47 Å². The van der Waals surface area contributed by atoms with Crippen molar-refractivity contribution in [3.8, 4) is 17.2 Å². The number of amides is 1. The van der Waals surface area contributed by atoms with Crippen molar-refractivity contribution < 1.29 is 14.3 Å². The third-order valence-corrected chi connectivity index (χ3v) is 5.56. The quantitative estimate of drug-likeness (QED) is 0.627. The van der Waals surface area contributed by atoms with Gasteiger partial charge in [-0.25, -0.2) is 0 Å². The van der Waals surface area contributed by atoms with E-state index in [9.17, 15) is 4.79 Å². The molecule has 5 heteroatoms. The molecule has 4 rings (SSSR count). The molecule has 0 spiro atoms. The van der Waals surface area contributed by atoms with Gasteiger partial charge in [0.15, 0.2) is 0 Å². The minimum atomic E-state index is 0.0201. The largest absolute Gasteiger partial charge is 0.497 e. The fourth-order valence-corrected chi connectivity index (χ4v) is 4.06. The number of aromatic nitrogens is 1. The predicted octanol–water partition coefficient (Wildman–Crippen LogP) is 4.40. The van der Waals surface area contributed by atoms with Crippen LogP contribution in [0.1, 0.15) is 30.0 Å². The lowest BCUT2D eigenvalue weighted by molar-refractivity contribution is -0.131. The van der Waals surface area contributed by atoms with E-state index < -0.39 is 0 Å². The second kappa shape index (κ2) is 8.43. The van der Waals surface area contributed by atoms with Gasteiger partial charge >= 0.3 is 0 Å². The van der Waals surface area contributed by atoms with Gasteiger partial charge < -0.3 is 18.9 Å². The van der Waals surface area contributed by atoms with Gasteiger partial charge in [0.25, 0.3) is 0 Å². The SMILES string of the molecule is COc1ccc(OC)c([C@@H]2CCCN2C(=O)Cc2ccc(-n3cccc3)cc2)c1. The molecule has 2 heterocycles. The maximum atomic E-state index is 13.1. The van der Waals surface area contributed by atoms with Gasteiger partial charge in [-0.15, -0.1) is 0 Å². The second-order valence-corrected chi connectivity index (χ2v) is 7.29. The first-order chi connectivity index (χ1) is 14.2. The minimum Gasteiger partial charge on any atom is -0.497 e. The maximum absolute atomic E-state index is 13.1. The van der Waals surface area contributed by atoms with Crippen LogP contribution in [0.15, 0.2) is 67.0 Å². The first kappa shape index (κ1) is 19.1. The first-order valence-electron chi connectivity index (χ1n) is 9.93. The Bertz CT molecular complexity index is 964. The summed E-state index contributed by atoms with van der Waals surface area (Å²) in [6, 6.07) is 18.0. The Morgan fingerprint density at radius 3 is 2.48 bits per heavy atom. The van der Waals surface area contributed by atoms with E-state index in [1.165, 1.54) is 0 Å². The van der Waals surface area contributed by atoms with E-state index in [0.29, 0.717) is 6.42 Å². The number of hydrogen-bond donors (Lipinski definition) is 0. The molecule has 1 saturated heterocycles. The normalized spacial score (nSPS) is 16.1. The Kier molecular flexibility index (Phi) is 5.56. The Balaban J connectivity index is 1.51. The third-order valence-electron chi connectivity index (χ3n) is 5.56. The molecule has 29 heavy (non-hydrogen) atoms. The molecule has 0 radical (unpaired) electrons. The van der Waals surface area contributed by atoms with Gasteiger partial charge in [-0.2, -0.15) is 0 Å². The summed E-state index contributed by atoms with van der Waals surface area (Å²) in [5.41, 5.74) is 3.13. The van der Waals surface area contributed by atoms with Crippen LogP contribution in [0.25, 0.3) is 5.69 Å². The molecule has 1 aliphatic rings. The van der Waals surface area contributed by atoms with Gasteiger partial charge in [0.1, 0.15) is 11.5 Å². The summed E-state index contributed by atoms with van der Waals surface area (Å²) in [4.78, 5) is 15.1. The number of benzene rings is 2. The Morgan fingerprint density at radius 1 is 1.03 bits per heavy atom. The summed E-state index contributed by atoms with van der Waals surface area (Å²) in [7, 11) is 3.32. The average molecular weight is 390 g/mol. The van der Waals surface area contributed by atoms with E-state index in [1.807, 2.05) is 59.8 Å². The predicted molar refractivity (Wildman–Crippen MR) is 113 cm³/mol. The Morgan fingerprint density at radius 2 is 1.79 bits per heavy atom. The Hall–Kier alpha value is -3.21. The first-order valence-corrected chi connectivity index (χ1v) is 9.93. The molecule has 0 unspecified atom stereocenters. The van der Waals surface area contributed by atoms with Gasteiger partial charge in [-0.05, 0) is 60.9 Å². The number of likely N-dealkylation sites (tertiary alicyclic amines) is 1. The molecule has 150 valence electrons. The van der Waals surface area contributed by atoms with E-state index in [0.717, 1.165) is 47.7 Å². The topological polar surface area (TPSA) is 43.7 Å². The van der Waals surface area contributed by atoms with Crippen molar-refractivity contribution in [2.24, 2.45) is 0 Å². The molecule has 0 bridgehead atoms. The summed E-state index contributed by atoms with van der Waals surface area (Å²) in [5.74, 6) is 1.72. The van der Waals surface area contributed by atoms with Crippen molar-refractivity contribution in [3.63, 3.8) is 0 Å². The fraction of sp³-hybridized carbons (Fsp3) is 0.292. The minimum absolute atomic E-state index is 0.0201. The zero-order chi connectivity index (χ0) is 20.2. The van der Waals surface area contributed by atoms with E-state index in [2.05, 4.69) is 16.7 Å². The molecule has 1 fully saturated rings. The van der Waals surface area contributed by atoms with Gasteiger partial charge in [-0.3, -0.25) is 4.79 Å². The molecule has 0 saturated carbocycles. The van der Waals surface area contributed by atoms with Crippen LogP contribution in [0.5, 0.6) is 11.5 Å². The number of hydrogen-bond acceptors (Lipinski definition) is 3. The number of methoxy groups -OCH3 is 2. The highest BCUT2D eigenvalue weighted by molar-refractivity contribution is 5.79. The van der Waals surface area contributed by atoms with Crippen LogP contribution in [0.2, 0.25) is 0 Å². The molecular formula is C24H26N2O3. The fourth-order valence-electron chi connectivity index (χ4n) is 4.06. The number of ether oxygens (including phenoxy) is 2. The summed E-state index contributed by atoms with van der Waals surface area (Å²) in [5, 5.41) is 0. The van der Waals surface area contributed by atoms with Crippen LogP contribution in [0.4, 0.5) is 0 Å². The van der Waals surface area contributed by atoms with E-state index >= 15 is 0 Å². The zero-order valence-corrected chi connectivity index (χ0v) is 16.9. The Labute approximate surface area is 171 Å². The second-order valence-electron chi connectivity index (χ2n) is 7.29. The van der Waals surface area contributed by atoms with E-state index in [1.54, 1.807) is 14.2 Å². The number of nitrogens with zero attached hydrogens (tertiary/aromatic N) is 2. The number of rotatable bonds is 6. The molecular weight excluding hydrogens is 364 g/mol.